The maximum atomic E-state index is 12.6. The van der Waals surface area contributed by atoms with Gasteiger partial charge in [-0.2, -0.15) is 0 Å². The zero-order valence-corrected chi connectivity index (χ0v) is 12.7. The fourth-order valence-electron chi connectivity index (χ4n) is 2.78. The third kappa shape index (κ3) is 2.17. The Morgan fingerprint density at radius 2 is 2.32 bits per heavy atom. The average Bonchev–Trinajstić information content (AvgIpc) is 2.82. The molecule has 19 heavy (non-hydrogen) atoms. The summed E-state index contributed by atoms with van der Waals surface area (Å²) >= 11 is 6.91. The van der Waals surface area contributed by atoms with E-state index in [0.29, 0.717) is 10.8 Å². The van der Waals surface area contributed by atoms with Crippen molar-refractivity contribution in [2.24, 2.45) is 0 Å². The van der Waals surface area contributed by atoms with E-state index in [1.165, 1.54) is 11.3 Å². The highest BCUT2D eigenvalue weighted by molar-refractivity contribution is 7.71. The van der Waals surface area contributed by atoms with Crippen LogP contribution in [0.25, 0.3) is 10.2 Å². The van der Waals surface area contributed by atoms with Crippen molar-refractivity contribution in [3.8, 4) is 0 Å². The first kappa shape index (κ1) is 13.0. The van der Waals surface area contributed by atoms with Crippen LogP contribution in [0.3, 0.4) is 0 Å². The van der Waals surface area contributed by atoms with Crippen LogP contribution in [-0.2, 0) is 0 Å². The molecule has 2 aromatic rings. The molecule has 4 nitrogen and oxygen atoms in total. The predicted octanol–water partition coefficient (Wildman–Crippen LogP) is 2.78. The van der Waals surface area contributed by atoms with Gasteiger partial charge in [-0.1, -0.05) is 0 Å². The van der Waals surface area contributed by atoms with Crippen LogP contribution in [0.4, 0.5) is 0 Å². The first-order valence-corrected chi connectivity index (χ1v) is 7.79. The van der Waals surface area contributed by atoms with Crippen LogP contribution in [0.15, 0.2) is 16.2 Å². The standard InChI is InChI=1S/C13H17N3OS2/c1-8-7-9(3-5-15(8)2)16-12(17)10-4-6-19-11(10)14-13(16)18/h4,6,8-9H,3,5,7H2,1-2H3,(H,14,18). The van der Waals surface area contributed by atoms with Crippen LogP contribution < -0.4 is 5.56 Å². The number of rotatable bonds is 1. The smallest absolute Gasteiger partial charge is 0.263 e. The quantitative estimate of drug-likeness (QED) is 0.823. The van der Waals surface area contributed by atoms with Gasteiger partial charge in [0, 0.05) is 18.6 Å². The van der Waals surface area contributed by atoms with E-state index < -0.39 is 0 Å². The van der Waals surface area contributed by atoms with Crippen molar-refractivity contribution in [3.05, 3.63) is 26.6 Å². The normalized spacial score (nSPS) is 24.9. The number of hydrogen-bond acceptors (Lipinski definition) is 4. The summed E-state index contributed by atoms with van der Waals surface area (Å²) in [6, 6.07) is 2.58. The van der Waals surface area contributed by atoms with Gasteiger partial charge in [0.05, 0.1) is 5.39 Å². The van der Waals surface area contributed by atoms with Crippen LogP contribution in [0.2, 0.25) is 0 Å². The lowest BCUT2D eigenvalue weighted by Gasteiger charge is -2.35. The summed E-state index contributed by atoms with van der Waals surface area (Å²) in [5.74, 6) is 0. The summed E-state index contributed by atoms with van der Waals surface area (Å²) in [4.78, 5) is 19.0. The molecule has 1 saturated heterocycles. The average molecular weight is 295 g/mol. The van der Waals surface area contributed by atoms with Gasteiger partial charge in [0.1, 0.15) is 4.83 Å². The Kier molecular flexibility index (Phi) is 3.32. The molecule has 1 N–H and O–H groups in total. The second-order valence-electron chi connectivity index (χ2n) is 5.28. The van der Waals surface area contributed by atoms with Crippen molar-refractivity contribution in [3.63, 3.8) is 0 Å². The van der Waals surface area contributed by atoms with E-state index >= 15 is 0 Å². The molecule has 2 aromatic heterocycles. The summed E-state index contributed by atoms with van der Waals surface area (Å²) in [5.41, 5.74) is 0.0572. The summed E-state index contributed by atoms with van der Waals surface area (Å²) in [5, 5.41) is 2.68. The van der Waals surface area contributed by atoms with E-state index in [-0.39, 0.29) is 11.6 Å². The lowest BCUT2D eigenvalue weighted by molar-refractivity contribution is 0.154. The largest absolute Gasteiger partial charge is 0.323 e. The molecule has 0 bridgehead atoms. The number of aromatic nitrogens is 2. The van der Waals surface area contributed by atoms with E-state index in [2.05, 4.69) is 23.9 Å². The van der Waals surface area contributed by atoms with Crippen LogP contribution in [0, 0.1) is 4.77 Å². The van der Waals surface area contributed by atoms with Gasteiger partial charge >= 0.3 is 0 Å². The number of nitrogens with one attached hydrogen (secondary N) is 1. The van der Waals surface area contributed by atoms with Crippen LogP contribution in [0.5, 0.6) is 0 Å². The molecule has 0 aliphatic carbocycles. The molecule has 2 atom stereocenters. The van der Waals surface area contributed by atoms with E-state index in [1.807, 2.05) is 11.4 Å². The van der Waals surface area contributed by atoms with Gasteiger partial charge in [0.2, 0.25) is 0 Å². The molecule has 3 rings (SSSR count). The van der Waals surface area contributed by atoms with Crippen molar-refractivity contribution < 1.29 is 0 Å². The number of thiophene rings is 1. The maximum Gasteiger partial charge on any atom is 0.263 e. The molecule has 6 heteroatoms. The molecule has 1 aliphatic rings. The zero-order chi connectivity index (χ0) is 13.6. The number of hydrogen-bond donors (Lipinski definition) is 1. The molecular weight excluding hydrogens is 278 g/mol. The van der Waals surface area contributed by atoms with Crippen molar-refractivity contribution >= 4 is 33.8 Å². The highest BCUT2D eigenvalue weighted by Crippen LogP contribution is 2.26. The lowest BCUT2D eigenvalue weighted by atomic mass is 9.99. The highest BCUT2D eigenvalue weighted by Gasteiger charge is 2.25. The fourth-order valence-corrected chi connectivity index (χ4v) is 3.96. The van der Waals surface area contributed by atoms with E-state index in [1.54, 1.807) is 4.57 Å². The van der Waals surface area contributed by atoms with Crippen molar-refractivity contribution in [1.29, 1.82) is 0 Å². The zero-order valence-electron chi connectivity index (χ0n) is 11.0. The van der Waals surface area contributed by atoms with Gasteiger partial charge in [0.25, 0.3) is 5.56 Å². The van der Waals surface area contributed by atoms with Gasteiger partial charge in [-0.15, -0.1) is 11.3 Å². The lowest BCUT2D eigenvalue weighted by Crippen LogP contribution is -2.41. The van der Waals surface area contributed by atoms with Crippen molar-refractivity contribution in [2.75, 3.05) is 13.6 Å². The molecule has 0 aromatic carbocycles. The summed E-state index contributed by atoms with van der Waals surface area (Å²) in [7, 11) is 2.13. The SMILES string of the molecule is CC1CC(n2c(=S)[nH]c3sccc3c2=O)CCN1C. The molecule has 0 saturated carbocycles. The Balaban J connectivity index is 2.10. The number of nitrogens with zero attached hydrogens (tertiary/aromatic N) is 2. The molecular formula is C13H17N3OS2. The Morgan fingerprint density at radius 3 is 3.05 bits per heavy atom. The second-order valence-corrected chi connectivity index (χ2v) is 6.58. The van der Waals surface area contributed by atoms with Crippen molar-refractivity contribution in [1.82, 2.24) is 14.5 Å². The number of fused-ring (bicyclic) bond motifs is 1. The minimum absolute atomic E-state index is 0.0572. The van der Waals surface area contributed by atoms with E-state index in [0.717, 1.165) is 29.6 Å². The minimum Gasteiger partial charge on any atom is -0.323 e. The minimum atomic E-state index is 0.0572. The number of piperidine rings is 1. The topological polar surface area (TPSA) is 41.0 Å². The molecule has 0 radical (unpaired) electrons. The van der Waals surface area contributed by atoms with Gasteiger partial charge < -0.3 is 9.88 Å². The predicted molar refractivity (Wildman–Crippen MR) is 81.6 cm³/mol. The molecule has 0 amide bonds. The molecule has 2 unspecified atom stereocenters. The summed E-state index contributed by atoms with van der Waals surface area (Å²) in [6.07, 6.45) is 1.96. The monoisotopic (exact) mass is 295 g/mol. The molecule has 0 spiro atoms. The number of aromatic amines is 1. The highest BCUT2D eigenvalue weighted by atomic mass is 32.1. The van der Waals surface area contributed by atoms with Gasteiger partial charge in [-0.3, -0.25) is 9.36 Å². The van der Waals surface area contributed by atoms with Crippen LogP contribution in [-0.4, -0.2) is 34.1 Å². The maximum absolute atomic E-state index is 12.6. The summed E-state index contributed by atoms with van der Waals surface area (Å²) < 4.78 is 2.34. The first-order chi connectivity index (χ1) is 9.08. The molecule has 1 aliphatic heterocycles. The molecule has 1 fully saturated rings. The first-order valence-electron chi connectivity index (χ1n) is 6.50. The van der Waals surface area contributed by atoms with E-state index in [9.17, 15) is 4.79 Å². The third-order valence-corrected chi connectivity index (χ3v) is 5.23. The van der Waals surface area contributed by atoms with Crippen LogP contribution in [0.1, 0.15) is 25.8 Å². The third-order valence-electron chi connectivity index (χ3n) is 4.10. The van der Waals surface area contributed by atoms with Gasteiger partial charge in [-0.25, -0.2) is 0 Å². The van der Waals surface area contributed by atoms with E-state index in [4.69, 9.17) is 12.2 Å². The number of H-pyrrole nitrogens is 1. The Morgan fingerprint density at radius 1 is 1.53 bits per heavy atom. The van der Waals surface area contributed by atoms with Crippen LogP contribution >= 0.6 is 23.6 Å². The number of likely N-dealkylation sites (tertiary alicyclic amines) is 1. The molecule has 102 valence electrons. The molecule has 3 heterocycles. The summed E-state index contributed by atoms with van der Waals surface area (Å²) in [6.45, 7) is 3.21. The fraction of sp³-hybridized carbons (Fsp3) is 0.538. The van der Waals surface area contributed by atoms with Gasteiger partial charge in [-0.05, 0) is 50.5 Å². The second kappa shape index (κ2) is 4.85. The van der Waals surface area contributed by atoms with Crippen molar-refractivity contribution in [2.45, 2.75) is 31.8 Å². The Hall–Kier alpha value is -0.980. The van der Waals surface area contributed by atoms with Gasteiger partial charge in [0.15, 0.2) is 4.77 Å². The Labute approximate surface area is 120 Å². The Bertz CT molecular complexity index is 714.